The van der Waals surface area contributed by atoms with Gasteiger partial charge in [-0.3, -0.25) is 14.3 Å². The van der Waals surface area contributed by atoms with Gasteiger partial charge in [-0.1, -0.05) is 6.07 Å². The lowest BCUT2D eigenvalue weighted by atomic mass is 10.0. The van der Waals surface area contributed by atoms with Gasteiger partial charge in [0.05, 0.1) is 6.04 Å². The molecule has 0 saturated carbocycles. The number of carbonyl (C=O) groups is 2. The topological polar surface area (TPSA) is 104 Å². The van der Waals surface area contributed by atoms with Crippen molar-refractivity contribution in [3.05, 3.63) is 30.1 Å². The van der Waals surface area contributed by atoms with Crippen LogP contribution in [0.15, 0.2) is 24.5 Å². The quantitative estimate of drug-likeness (QED) is 0.699. The number of pyridine rings is 1. The lowest BCUT2D eigenvalue weighted by Gasteiger charge is -2.24. The van der Waals surface area contributed by atoms with Crippen molar-refractivity contribution in [1.29, 1.82) is 0 Å². The first-order valence-corrected chi connectivity index (χ1v) is 9.43. The van der Waals surface area contributed by atoms with Gasteiger partial charge in [-0.25, -0.2) is 4.79 Å². The van der Waals surface area contributed by atoms with Crippen LogP contribution in [-0.4, -0.2) is 48.9 Å². The molecule has 0 saturated heterocycles. The zero-order valence-electron chi connectivity index (χ0n) is 15.1. The Balaban J connectivity index is 2.92. The van der Waals surface area contributed by atoms with Crippen molar-refractivity contribution in [2.45, 2.75) is 38.8 Å². The first-order valence-electron chi connectivity index (χ1n) is 7.70. The molecule has 1 rings (SSSR count). The van der Waals surface area contributed by atoms with Crippen molar-refractivity contribution >= 4 is 19.5 Å². The first-order chi connectivity index (χ1) is 11.6. The van der Waals surface area contributed by atoms with Crippen LogP contribution in [0.3, 0.4) is 0 Å². The molecule has 0 aliphatic heterocycles. The number of ketones is 1. The van der Waals surface area contributed by atoms with Crippen LogP contribution in [0.5, 0.6) is 0 Å². The molecule has 0 bridgehead atoms. The largest absolute Gasteiger partial charge is 0.444 e. The maximum Gasteiger partial charge on any atom is 0.408 e. The number of hydrogen-bond acceptors (Lipinski definition) is 7. The Labute approximate surface area is 147 Å². The summed E-state index contributed by atoms with van der Waals surface area (Å²) in [4.78, 5) is 28.6. The van der Waals surface area contributed by atoms with Crippen LogP contribution < -0.4 is 5.32 Å². The second-order valence-electron chi connectivity index (χ2n) is 6.36. The van der Waals surface area contributed by atoms with E-state index >= 15 is 0 Å². The molecule has 0 radical (unpaired) electrons. The molecule has 9 heteroatoms. The molecule has 1 N–H and O–H groups in total. The van der Waals surface area contributed by atoms with Gasteiger partial charge in [-0.05, 0) is 32.4 Å². The zero-order chi connectivity index (χ0) is 19.1. The van der Waals surface area contributed by atoms with Gasteiger partial charge in [-0.2, -0.15) is 0 Å². The summed E-state index contributed by atoms with van der Waals surface area (Å²) in [6.45, 7) is 5.15. The molecule has 1 amide bonds. The van der Waals surface area contributed by atoms with Gasteiger partial charge < -0.3 is 19.1 Å². The SMILES string of the molecule is COP(=O)(CC(=O)[C@H](Cc1cccnc1)NC(=O)OC(C)(C)C)OC. The molecule has 1 aromatic rings. The maximum absolute atomic E-state index is 12.6. The highest BCUT2D eigenvalue weighted by Gasteiger charge is 2.32. The van der Waals surface area contributed by atoms with Crippen molar-refractivity contribution in [1.82, 2.24) is 10.3 Å². The lowest BCUT2D eigenvalue weighted by Crippen LogP contribution is -2.45. The second kappa shape index (κ2) is 9.08. The monoisotopic (exact) mass is 372 g/mol. The van der Waals surface area contributed by atoms with Gasteiger partial charge in [0.15, 0.2) is 5.78 Å². The summed E-state index contributed by atoms with van der Waals surface area (Å²) in [6.07, 6.45) is 2.18. The molecular formula is C16H25N2O6P. The van der Waals surface area contributed by atoms with Gasteiger partial charge in [0.25, 0.3) is 0 Å². The van der Waals surface area contributed by atoms with E-state index in [2.05, 4.69) is 10.3 Å². The van der Waals surface area contributed by atoms with Crippen LogP contribution in [0.2, 0.25) is 0 Å². The normalized spacial score (nSPS) is 13.2. The highest BCUT2D eigenvalue weighted by molar-refractivity contribution is 7.54. The average molecular weight is 372 g/mol. The van der Waals surface area contributed by atoms with E-state index in [1.165, 1.54) is 14.2 Å². The molecule has 0 aliphatic rings. The van der Waals surface area contributed by atoms with Crippen LogP contribution in [-0.2, 0) is 29.6 Å². The Kier molecular flexibility index (Phi) is 7.73. The Morgan fingerprint density at radius 1 is 1.28 bits per heavy atom. The van der Waals surface area contributed by atoms with E-state index in [4.69, 9.17) is 13.8 Å². The van der Waals surface area contributed by atoms with Crippen LogP contribution in [0, 0.1) is 0 Å². The Morgan fingerprint density at radius 3 is 2.40 bits per heavy atom. The lowest BCUT2D eigenvalue weighted by molar-refractivity contribution is -0.118. The predicted molar refractivity (Wildman–Crippen MR) is 92.6 cm³/mol. The Hall–Kier alpha value is -1.76. The fourth-order valence-corrected chi connectivity index (χ4v) is 2.96. The van der Waals surface area contributed by atoms with E-state index in [1.54, 1.807) is 45.3 Å². The summed E-state index contributed by atoms with van der Waals surface area (Å²) in [5.74, 6) is -0.484. The van der Waals surface area contributed by atoms with E-state index in [1.807, 2.05) is 0 Å². The number of nitrogens with one attached hydrogen (secondary N) is 1. The van der Waals surface area contributed by atoms with E-state index in [0.717, 1.165) is 5.56 Å². The number of alkyl carbamates (subject to hydrolysis) is 1. The summed E-state index contributed by atoms with van der Waals surface area (Å²) in [7, 11) is -1.13. The Morgan fingerprint density at radius 2 is 1.92 bits per heavy atom. The summed E-state index contributed by atoms with van der Waals surface area (Å²) < 4.78 is 27.0. The number of ether oxygens (including phenoxy) is 1. The third-order valence-corrected chi connectivity index (χ3v) is 4.96. The van der Waals surface area contributed by atoms with Gasteiger partial charge in [0.1, 0.15) is 11.8 Å². The average Bonchev–Trinajstić information content (AvgIpc) is 2.53. The molecule has 25 heavy (non-hydrogen) atoms. The third-order valence-electron chi connectivity index (χ3n) is 3.15. The number of hydrogen-bond donors (Lipinski definition) is 1. The number of carbonyl (C=O) groups excluding carboxylic acids is 2. The number of aromatic nitrogens is 1. The molecule has 0 aliphatic carbocycles. The second-order valence-corrected chi connectivity index (χ2v) is 8.63. The molecule has 0 aromatic carbocycles. The molecule has 0 fully saturated rings. The van der Waals surface area contributed by atoms with E-state index in [-0.39, 0.29) is 6.42 Å². The number of amides is 1. The fraction of sp³-hybridized carbons (Fsp3) is 0.562. The minimum Gasteiger partial charge on any atom is -0.444 e. The summed E-state index contributed by atoms with van der Waals surface area (Å²) >= 11 is 0. The highest BCUT2D eigenvalue weighted by Crippen LogP contribution is 2.46. The minimum atomic E-state index is -3.54. The van der Waals surface area contributed by atoms with Crippen LogP contribution in [0.4, 0.5) is 4.79 Å². The van der Waals surface area contributed by atoms with Crippen LogP contribution >= 0.6 is 7.60 Å². The molecule has 0 unspecified atom stereocenters. The van der Waals surface area contributed by atoms with Gasteiger partial charge >= 0.3 is 13.7 Å². The zero-order valence-corrected chi connectivity index (χ0v) is 16.0. The maximum atomic E-state index is 12.6. The number of Topliss-reactive ketones (excluding diaryl/α,β-unsaturated/α-hetero) is 1. The summed E-state index contributed by atoms with van der Waals surface area (Å²) in [5.41, 5.74) is 0.0296. The number of rotatable bonds is 8. The van der Waals surface area contributed by atoms with Crippen LogP contribution in [0.25, 0.3) is 0 Å². The summed E-state index contributed by atoms with van der Waals surface area (Å²) in [6, 6.07) is 2.55. The molecule has 0 spiro atoms. The standard InChI is InChI=1S/C16H25N2O6P/c1-16(2,3)24-15(20)18-13(9-12-7-6-8-17-10-12)14(19)11-25(21,22-4)23-5/h6-8,10,13H,9,11H2,1-5H3,(H,18,20)/t13-/m0/s1. The van der Waals surface area contributed by atoms with E-state index < -0.39 is 37.3 Å². The molecule has 1 heterocycles. The highest BCUT2D eigenvalue weighted by atomic mass is 31.2. The fourth-order valence-electron chi connectivity index (χ4n) is 1.95. The van der Waals surface area contributed by atoms with Crippen molar-refractivity contribution in [3.63, 3.8) is 0 Å². The molecular weight excluding hydrogens is 347 g/mol. The van der Waals surface area contributed by atoms with E-state index in [9.17, 15) is 14.2 Å². The molecule has 1 aromatic heterocycles. The Bertz CT molecular complexity index is 621. The van der Waals surface area contributed by atoms with Crippen molar-refractivity contribution < 1.29 is 27.9 Å². The van der Waals surface area contributed by atoms with Gasteiger partial charge in [0, 0.05) is 33.0 Å². The molecule has 140 valence electrons. The molecule has 8 nitrogen and oxygen atoms in total. The number of nitrogens with zero attached hydrogens (tertiary/aromatic N) is 1. The molecule has 1 atom stereocenters. The third kappa shape index (κ3) is 7.77. The van der Waals surface area contributed by atoms with Crippen molar-refractivity contribution in [2.75, 3.05) is 20.4 Å². The first kappa shape index (κ1) is 21.3. The summed E-state index contributed by atoms with van der Waals surface area (Å²) in [5, 5.41) is 2.52. The van der Waals surface area contributed by atoms with Crippen molar-refractivity contribution in [2.24, 2.45) is 0 Å². The predicted octanol–water partition coefficient (Wildman–Crippen LogP) is 2.57. The van der Waals surface area contributed by atoms with E-state index in [0.29, 0.717) is 0 Å². The smallest absolute Gasteiger partial charge is 0.408 e. The van der Waals surface area contributed by atoms with Gasteiger partial charge in [0.2, 0.25) is 0 Å². The minimum absolute atomic E-state index is 0.180. The van der Waals surface area contributed by atoms with Crippen LogP contribution in [0.1, 0.15) is 26.3 Å². The van der Waals surface area contributed by atoms with Gasteiger partial charge in [-0.15, -0.1) is 0 Å². The van der Waals surface area contributed by atoms with Crippen molar-refractivity contribution in [3.8, 4) is 0 Å².